The number of amides is 1. The van der Waals surface area contributed by atoms with E-state index >= 15 is 0 Å². The van der Waals surface area contributed by atoms with Crippen LogP contribution >= 0.6 is 0 Å². The van der Waals surface area contributed by atoms with Crippen molar-refractivity contribution in [2.75, 3.05) is 6.61 Å². The summed E-state index contributed by atoms with van der Waals surface area (Å²) < 4.78 is 0. The summed E-state index contributed by atoms with van der Waals surface area (Å²) in [4.78, 5) is 23.7. The Balaban J connectivity index is 2.20. The van der Waals surface area contributed by atoms with E-state index < -0.39 is 23.8 Å². The standard InChI is InChI=1S/C19H21NO4/c1-13-7-9-15(10-8-13)17(11-18(22)23)20-19(24)16(12-21)14-5-3-2-4-6-14/h2-10,16-17,21H,11-12H2,1H3,(H,20,24)(H,22,23). The topological polar surface area (TPSA) is 86.6 Å². The van der Waals surface area contributed by atoms with Gasteiger partial charge in [0.1, 0.15) is 0 Å². The van der Waals surface area contributed by atoms with Crippen LogP contribution in [0.4, 0.5) is 0 Å². The molecule has 3 N–H and O–H groups in total. The maximum atomic E-state index is 12.5. The van der Waals surface area contributed by atoms with Crippen molar-refractivity contribution in [1.29, 1.82) is 0 Å². The van der Waals surface area contributed by atoms with Crippen LogP contribution in [0.3, 0.4) is 0 Å². The van der Waals surface area contributed by atoms with E-state index in [4.69, 9.17) is 5.11 Å². The van der Waals surface area contributed by atoms with Crippen LogP contribution in [0.1, 0.15) is 35.1 Å². The minimum atomic E-state index is -0.999. The van der Waals surface area contributed by atoms with Gasteiger partial charge in [-0.3, -0.25) is 9.59 Å². The Kier molecular flexibility index (Phi) is 6.09. The summed E-state index contributed by atoms with van der Waals surface area (Å²) in [5.74, 6) is -2.12. The third kappa shape index (κ3) is 4.67. The van der Waals surface area contributed by atoms with E-state index in [9.17, 15) is 14.7 Å². The Labute approximate surface area is 141 Å². The van der Waals surface area contributed by atoms with Gasteiger partial charge in [0, 0.05) is 0 Å². The van der Waals surface area contributed by atoms with Gasteiger partial charge >= 0.3 is 5.97 Å². The van der Waals surface area contributed by atoms with Gasteiger partial charge in [0.2, 0.25) is 5.91 Å². The molecule has 5 nitrogen and oxygen atoms in total. The number of aliphatic hydroxyl groups is 1. The van der Waals surface area contributed by atoms with Gasteiger partial charge in [-0.2, -0.15) is 0 Å². The highest BCUT2D eigenvalue weighted by Gasteiger charge is 2.24. The van der Waals surface area contributed by atoms with Crippen molar-refractivity contribution in [1.82, 2.24) is 5.32 Å². The lowest BCUT2D eigenvalue weighted by molar-refractivity contribution is -0.137. The van der Waals surface area contributed by atoms with E-state index in [2.05, 4.69) is 5.32 Å². The van der Waals surface area contributed by atoms with Gasteiger partial charge in [-0.25, -0.2) is 0 Å². The van der Waals surface area contributed by atoms with Crippen LogP contribution in [0.2, 0.25) is 0 Å². The van der Waals surface area contributed by atoms with Crippen molar-refractivity contribution in [3.8, 4) is 0 Å². The van der Waals surface area contributed by atoms with Crippen LogP contribution in [-0.4, -0.2) is 28.7 Å². The summed E-state index contributed by atoms with van der Waals surface area (Å²) in [5.41, 5.74) is 2.47. The first-order chi connectivity index (χ1) is 11.5. The van der Waals surface area contributed by atoms with Crippen molar-refractivity contribution in [2.45, 2.75) is 25.3 Å². The normalized spacial score (nSPS) is 13.1. The molecular weight excluding hydrogens is 306 g/mol. The molecule has 0 aromatic heterocycles. The predicted molar refractivity (Wildman–Crippen MR) is 90.6 cm³/mol. The summed E-state index contributed by atoms with van der Waals surface area (Å²) in [7, 11) is 0. The molecule has 1 amide bonds. The number of carboxylic acid groups (broad SMARTS) is 1. The van der Waals surface area contributed by atoms with E-state index in [-0.39, 0.29) is 13.0 Å². The molecule has 24 heavy (non-hydrogen) atoms. The summed E-state index contributed by atoms with van der Waals surface area (Å²) in [6.07, 6.45) is -0.220. The Morgan fingerprint density at radius 3 is 2.17 bits per heavy atom. The molecule has 2 atom stereocenters. The van der Waals surface area contributed by atoms with Gasteiger partial charge in [0.05, 0.1) is 25.0 Å². The molecule has 5 heteroatoms. The van der Waals surface area contributed by atoms with Gasteiger partial charge in [0.15, 0.2) is 0 Å². The molecule has 0 spiro atoms. The third-order valence-corrected chi connectivity index (χ3v) is 3.88. The van der Waals surface area contributed by atoms with E-state index in [0.29, 0.717) is 5.56 Å². The molecule has 0 aliphatic rings. The summed E-state index contributed by atoms with van der Waals surface area (Å²) >= 11 is 0. The van der Waals surface area contributed by atoms with E-state index in [0.717, 1.165) is 11.1 Å². The van der Waals surface area contributed by atoms with Crippen LogP contribution in [-0.2, 0) is 9.59 Å². The minimum absolute atomic E-state index is 0.220. The molecule has 0 bridgehead atoms. The monoisotopic (exact) mass is 327 g/mol. The van der Waals surface area contributed by atoms with Crippen LogP contribution in [0.5, 0.6) is 0 Å². The summed E-state index contributed by atoms with van der Waals surface area (Å²) in [6, 6.07) is 15.6. The van der Waals surface area contributed by atoms with Crippen molar-refractivity contribution in [3.63, 3.8) is 0 Å². The van der Waals surface area contributed by atoms with Crippen LogP contribution in [0.25, 0.3) is 0 Å². The second-order valence-electron chi connectivity index (χ2n) is 5.72. The molecule has 126 valence electrons. The van der Waals surface area contributed by atoms with Crippen molar-refractivity contribution < 1.29 is 19.8 Å². The van der Waals surface area contributed by atoms with Gasteiger partial charge in [-0.05, 0) is 18.1 Å². The van der Waals surface area contributed by atoms with Crippen molar-refractivity contribution in [2.24, 2.45) is 0 Å². The highest BCUT2D eigenvalue weighted by molar-refractivity contribution is 5.84. The summed E-state index contributed by atoms with van der Waals surface area (Å²) in [6.45, 7) is 1.59. The van der Waals surface area contributed by atoms with Gasteiger partial charge < -0.3 is 15.5 Å². The van der Waals surface area contributed by atoms with Crippen LogP contribution < -0.4 is 5.32 Å². The summed E-state index contributed by atoms with van der Waals surface area (Å²) in [5, 5.41) is 21.5. The number of rotatable bonds is 7. The Morgan fingerprint density at radius 1 is 1.00 bits per heavy atom. The number of aryl methyl sites for hydroxylation is 1. The van der Waals surface area contributed by atoms with E-state index in [1.54, 1.807) is 36.4 Å². The molecule has 0 aliphatic carbocycles. The molecule has 0 heterocycles. The Hall–Kier alpha value is -2.66. The predicted octanol–water partition coefficient (Wildman–Crippen LogP) is 2.40. The number of aliphatic hydroxyl groups excluding tert-OH is 1. The highest BCUT2D eigenvalue weighted by Crippen LogP contribution is 2.21. The lowest BCUT2D eigenvalue weighted by Crippen LogP contribution is -2.35. The third-order valence-electron chi connectivity index (χ3n) is 3.88. The number of aliphatic carboxylic acids is 1. The zero-order chi connectivity index (χ0) is 17.5. The largest absolute Gasteiger partial charge is 0.481 e. The Bertz CT molecular complexity index is 682. The number of hydrogen-bond acceptors (Lipinski definition) is 3. The molecule has 2 aromatic rings. The molecule has 0 fully saturated rings. The maximum absolute atomic E-state index is 12.5. The quantitative estimate of drug-likeness (QED) is 0.729. The van der Waals surface area contributed by atoms with E-state index in [1.807, 2.05) is 25.1 Å². The van der Waals surface area contributed by atoms with Crippen molar-refractivity contribution >= 4 is 11.9 Å². The average Bonchev–Trinajstić information content (AvgIpc) is 2.56. The maximum Gasteiger partial charge on any atom is 0.305 e. The first-order valence-electron chi connectivity index (χ1n) is 7.75. The number of benzene rings is 2. The number of carbonyl (C=O) groups excluding carboxylic acids is 1. The zero-order valence-corrected chi connectivity index (χ0v) is 13.5. The fourth-order valence-corrected chi connectivity index (χ4v) is 2.52. The first kappa shape index (κ1) is 17.7. The minimum Gasteiger partial charge on any atom is -0.481 e. The second-order valence-corrected chi connectivity index (χ2v) is 5.72. The fraction of sp³-hybridized carbons (Fsp3) is 0.263. The van der Waals surface area contributed by atoms with Crippen molar-refractivity contribution in [3.05, 3.63) is 71.3 Å². The molecule has 2 unspecified atom stereocenters. The zero-order valence-electron chi connectivity index (χ0n) is 13.5. The fourth-order valence-electron chi connectivity index (χ4n) is 2.52. The van der Waals surface area contributed by atoms with Gasteiger partial charge in [0.25, 0.3) is 0 Å². The SMILES string of the molecule is Cc1ccc(C(CC(=O)O)NC(=O)C(CO)c2ccccc2)cc1. The number of carboxylic acids is 1. The second kappa shape index (κ2) is 8.26. The molecule has 0 aliphatic heterocycles. The lowest BCUT2D eigenvalue weighted by Gasteiger charge is -2.21. The van der Waals surface area contributed by atoms with Gasteiger partial charge in [-0.1, -0.05) is 60.2 Å². The average molecular weight is 327 g/mol. The molecule has 0 saturated heterocycles. The smallest absolute Gasteiger partial charge is 0.305 e. The Morgan fingerprint density at radius 2 is 1.62 bits per heavy atom. The van der Waals surface area contributed by atoms with E-state index in [1.165, 1.54) is 0 Å². The van der Waals surface area contributed by atoms with Crippen LogP contribution in [0.15, 0.2) is 54.6 Å². The molecule has 0 radical (unpaired) electrons. The molecule has 0 saturated carbocycles. The number of carbonyl (C=O) groups is 2. The lowest BCUT2D eigenvalue weighted by atomic mass is 9.97. The molecule has 2 aromatic carbocycles. The van der Waals surface area contributed by atoms with Crippen LogP contribution in [0, 0.1) is 6.92 Å². The van der Waals surface area contributed by atoms with Gasteiger partial charge in [-0.15, -0.1) is 0 Å². The number of nitrogens with one attached hydrogen (secondary N) is 1. The number of hydrogen-bond donors (Lipinski definition) is 3. The first-order valence-corrected chi connectivity index (χ1v) is 7.75. The molecular formula is C19H21NO4. The highest BCUT2D eigenvalue weighted by atomic mass is 16.4. The molecule has 2 rings (SSSR count).